The molecule has 0 radical (unpaired) electrons. The molecule has 0 aliphatic carbocycles. The topological polar surface area (TPSA) is 52.2 Å². The van der Waals surface area contributed by atoms with Crippen molar-refractivity contribution in [2.24, 2.45) is 0 Å². The average molecular weight is 451 g/mol. The molecule has 1 aliphatic rings. The Labute approximate surface area is 189 Å². The molecule has 1 N–H and O–H groups in total. The number of halogens is 1. The van der Waals surface area contributed by atoms with E-state index in [2.05, 4.69) is 38.0 Å². The first kappa shape index (κ1) is 20.4. The van der Waals surface area contributed by atoms with Crippen LogP contribution in [0.25, 0.3) is 21.3 Å². The van der Waals surface area contributed by atoms with Crippen molar-refractivity contribution >= 4 is 33.8 Å². The molecular formula is C24H23ClN4OS. The maximum atomic E-state index is 12.3. The Morgan fingerprint density at radius 1 is 0.903 bits per heavy atom. The Morgan fingerprint density at radius 2 is 1.61 bits per heavy atom. The lowest BCUT2D eigenvalue weighted by Gasteiger charge is -2.34. The summed E-state index contributed by atoms with van der Waals surface area (Å²) >= 11 is 8.16. The van der Waals surface area contributed by atoms with E-state index in [0.29, 0.717) is 11.9 Å². The summed E-state index contributed by atoms with van der Waals surface area (Å²) in [7, 11) is 0. The lowest BCUT2D eigenvalue weighted by Crippen LogP contribution is -2.45. The van der Waals surface area contributed by atoms with Gasteiger partial charge in [0.2, 0.25) is 0 Å². The summed E-state index contributed by atoms with van der Waals surface area (Å²) in [6.07, 6.45) is 0. The van der Waals surface area contributed by atoms with E-state index in [4.69, 9.17) is 11.6 Å². The van der Waals surface area contributed by atoms with Crippen molar-refractivity contribution in [2.75, 3.05) is 26.2 Å². The van der Waals surface area contributed by atoms with Crippen LogP contribution in [0.15, 0.2) is 65.5 Å². The number of hydrogen-bond acceptors (Lipinski definition) is 5. The van der Waals surface area contributed by atoms with Gasteiger partial charge in [-0.1, -0.05) is 41.9 Å². The van der Waals surface area contributed by atoms with E-state index in [1.54, 1.807) is 0 Å². The number of aromatic amines is 1. The van der Waals surface area contributed by atoms with Crippen LogP contribution in [0.1, 0.15) is 10.7 Å². The summed E-state index contributed by atoms with van der Waals surface area (Å²) in [5.41, 5.74) is 1.79. The molecule has 3 heterocycles. The fourth-order valence-corrected chi connectivity index (χ4v) is 5.40. The molecule has 0 atom stereocenters. The predicted octanol–water partition coefficient (Wildman–Crippen LogP) is 4.62. The molecule has 1 saturated heterocycles. The molecule has 158 valence electrons. The van der Waals surface area contributed by atoms with Crippen LogP contribution in [-0.2, 0) is 13.1 Å². The third-order valence-electron chi connectivity index (χ3n) is 5.68. The average Bonchev–Trinajstić information content (AvgIpc) is 3.24. The molecule has 1 aliphatic heterocycles. The number of thiophene rings is 1. The highest BCUT2D eigenvalue weighted by Crippen LogP contribution is 2.33. The molecular weight excluding hydrogens is 428 g/mol. The Bertz CT molecular complexity index is 1260. The first-order valence-corrected chi connectivity index (χ1v) is 11.6. The van der Waals surface area contributed by atoms with Gasteiger partial charge in [0.15, 0.2) is 0 Å². The van der Waals surface area contributed by atoms with Crippen LogP contribution in [0.4, 0.5) is 0 Å². The van der Waals surface area contributed by atoms with Crippen molar-refractivity contribution in [3.63, 3.8) is 0 Å². The van der Waals surface area contributed by atoms with Crippen LogP contribution in [0.3, 0.4) is 0 Å². The summed E-state index contributed by atoms with van der Waals surface area (Å²) in [5.74, 6) is 0.736. The quantitative estimate of drug-likeness (QED) is 0.482. The first-order chi connectivity index (χ1) is 15.2. The van der Waals surface area contributed by atoms with Crippen molar-refractivity contribution in [3.05, 3.63) is 86.7 Å². The Hall–Kier alpha value is -2.51. The molecule has 5 nitrogen and oxygen atoms in total. The van der Waals surface area contributed by atoms with Gasteiger partial charge in [0.05, 0.1) is 17.4 Å². The zero-order valence-corrected chi connectivity index (χ0v) is 18.6. The monoisotopic (exact) mass is 450 g/mol. The van der Waals surface area contributed by atoms with Crippen molar-refractivity contribution in [1.82, 2.24) is 19.8 Å². The minimum Gasteiger partial charge on any atom is -0.309 e. The minimum absolute atomic E-state index is 0.0637. The van der Waals surface area contributed by atoms with Crippen molar-refractivity contribution in [2.45, 2.75) is 13.1 Å². The van der Waals surface area contributed by atoms with Crippen LogP contribution < -0.4 is 5.56 Å². The number of rotatable bonds is 5. The molecule has 0 amide bonds. The molecule has 2 aromatic heterocycles. The zero-order chi connectivity index (χ0) is 21.2. The molecule has 31 heavy (non-hydrogen) atoms. The second kappa shape index (κ2) is 8.93. The summed E-state index contributed by atoms with van der Waals surface area (Å²) < 4.78 is 0. The number of para-hydroxylation sites is 1. The van der Waals surface area contributed by atoms with Crippen LogP contribution in [0.5, 0.6) is 0 Å². The van der Waals surface area contributed by atoms with E-state index in [-0.39, 0.29) is 5.56 Å². The van der Waals surface area contributed by atoms with E-state index in [1.165, 1.54) is 9.75 Å². The van der Waals surface area contributed by atoms with Crippen molar-refractivity contribution < 1.29 is 0 Å². The van der Waals surface area contributed by atoms with Gasteiger partial charge in [-0.15, -0.1) is 11.3 Å². The van der Waals surface area contributed by atoms with E-state index in [1.807, 2.05) is 53.8 Å². The van der Waals surface area contributed by atoms with Crippen LogP contribution in [0, 0.1) is 0 Å². The van der Waals surface area contributed by atoms with Gasteiger partial charge >= 0.3 is 0 Å². The highest BCUT2D eigenvalue weighted by atomic mass is 35.5. The number of fused-ring (bicyclic) bond motifs is 1. The Kier molecular flexibility index (Phi) is 5.87. The summed E-state index contributed by atoms with van der Waals surface area (Å²) in [5, 5.41) is 1.44. The Balaban J connectivity index is 1.19. The molecule has 7 heteroatoms. The van der Waals surface area contributed by atoms with Crippen molar-refractivity contribution in [3.8, 4) is 10.4 Å². The summed E-state index contributed by atoms with van der Waals surface area (Å²) in [4.78, 5) is 27.3. The normalized spacial score (nSPS) is 15.5. The molecule has 0 bridgehead atoms. The van der Waals surface area contributed by atoms with Gasteiger partial charge in [0, 0.05) is 53.1 Å². The molecule has 0 spiro atoms. The van der Waals surface area contributed by atoms with Gasteiger partial charge in [-0.05, 0) is 30.3 Å². The number of nitrogens with one attached hydrogen (secondary N) is 1. The number of nitrogens with zero attached hydrogens (tertiary/aromatic N) is 3. The van der Waals surface area contributed by atoms with E-state index in [0.717, 1.165) is 54.7 Å². The van der Waals surface area contributed by atoms with Gasteiger partial charge in [-0.2, -0.15) is 0 Å². The van der Waals surface area contributed by atoms with Gasteiger partial charge in [0.25, 0.3) is 5.56 Å². The van der Waals surface area contributed by atoms with Gasteiger partial charge in [-0.25, -0.2) is 4.98 Å². The van der Waals surface area contributed by atoms with E-state index >= 15 is 0 Å². The van der Waals surface area contributed by atoms with Gasteiger partial charge in [0.1, 0.15) is 5.82 Å². The molecule has 0 unspecified atom stereocenters. The number of hydrogen-bond donors (Lipinski definition) is 1. The first-order valence-electron chi connectivity index (χ1n) is 10.4. The maximum Gasteiger partial charge on any atom is 0.258 e. The molecule has 2 aromatic carbocycles. The standard InChI is InChI=1S/C24H23ClN4OS/c25-20-7-3-1-5-18(20)22-10-9-17(31-22)15-28-11-13-29(14-12-28)16-23-26-21-8-4-2-6-19(21)24(30)27-23/h1-10H,11-16H2,(H,26,27,30). The number of benzene rings is 2. The van der Waals surface area contributed by atoms with Crippen molar-refractivity contribution in [1.29, 1.82) is 0 Å². The fraction of sp³-hybridized carbons (Fsp3) is 0.250. The number of piperazine rings is 1. The summed E-state index contributed by atoms with van der Waals surface area (Å²) in [6.45, 7) is 5.53. The second-order valence-corrected chi connectivity index (χ2v) is 9.40. The zero-order valence-electron chi connectivity index (χ0n) is 17.1. The van der Waals surface area contributed by atoms with Crippen LogP contribution in [-0.4, -0.2) is 45.9 Å². The molecule has 5 rings (SSSR count). The van der Waals surface area contributed by atoms with E-state index < -0.39 is 0 Å². The predicted molar refractivity (Wildman–Crippen MR) is 128 cm³/mol. The second-order valence-electron chi connectivity index (χ2n) is 7.83. The lowest BCUT2D eigenvalue weighted by molar-refractivity contribution is 0.120. The fourth-order valence-electron chi connectivity index (χ4n) is 4.02. The Morgan fingerprint density at radius 3 is 2.42 bits per heavy atom. The SMILES string of the molecule is O=c1[nH]c(CN2CCN(Cc3ccc(-c4ccccc4Cl)s3)CC2)nc2ccccc12. The maximum absolute atomic E-state index is 12.3. The van der Waals surface area contributed by atoms with Gasteiger partial charge < -0.3 is 4.98 Å². The molecule has 4 aromatic rings. The number of aromatic nitrogens is 2. The smallest absolute Gasteiger partial charge is 0.258 e. The molecule has 1 fully saturated rings. The third kappa shape index (κ3) is 4.57. The van der Waals surface area contributed by atoms with E-state index in [9.17, 15) is 4.79 Å². The van der Waals surface area contributed by atoms with Crippen LogP contribution >= 0.6 is 22.9 Å². The summed E-state index contributed by atoms with van der Waals surface area (Å²) in [6, 6.07) is 19.9. The van der Waals surface area contributed by atoms with Crippen LogP contribution in [0.2, 0.25) is 5.02 Å². The highest BCUT2D eigenvalue weighted by Gasteiger charge is 2.19. The molecule has 0 saturated carbocycles. The largest absolute Gasteiger partial charge is 0.309 e. The minimum atomic E-state index is -0.0637. The lowest BCUT2D eigenvalue weighted by atomic mass is 10.2. The van der Waals surface area contributed by atoms with Gasteiger partial charge in [-0.3, -0.25) is 14.6 Å². The third-order valence-corrected chi connectivity index (χ3v) is 7.11. The highest BCUT2D eigenvalue weighted by molar-refractivity contribution is 7.15. The number of H-pyrrole nitrogens is 1.